The molecule has 152 valence electrons. The average molecular weight is 427 g/mol. The van der Waals surface area contributed by atoms with Gasteiger partial charge in [-0.2, -0.15) is 0 Å². The van der Waals surface area contributed by atoms with Gasteiger partial charge >= 0.3 is 0 Å². The fraction of sp³-hybridized carbons (Fsp3) is 0.111. The summed E-state index contributed by atoms with van der Waals surface area (Å²) in [5.74, 6) is -0.556. The maximum atomic E-state index is 13.2. The van der Waals surface area contributed by atoms with E-state index >= 15 is 0 Å². The Morgan fingerprint density at radius 2 is 1.52 bits per heavy atom. The molecular weight excluding hydrogens is 408 g/mol. The third-order valence-corrected chi connectivity index (χ3v) is 6.15. The van der Waals surface area contributed by atoms with Gasteiger partial charge in [0.15, 0.2) is 0 Å². The minimum atomic E-state index is -0.529. The van der Waals surface area contributed by atoms with Crippen LogP contribution >= 0.6 is 11.6 Å². The van der Waals surface area contributed by atoms with Crippen LogP contribution < -0.4 is 0 Å². The fourth-order valence-corrected chi connectivity index (χ4v) is 4.42. The van der Waals surface area contributed by atoms with Crippen molar-refractivity contribution < 1.29 is 14.3 Å². The fourth-order valence-electron chi connectivity index (χ4n) is 4.22. The third-order valence-electron chi connectivity index (χ3n) is 5.78. The Balaban J connectivity index is 1.66. The van der Waals surface area contributed by atoms with Gasteiger partial charge in [0.1, 0.15) is 5.76 Å². The molecule has 1 aliphatic carbocycles. The number of benzene rings is 3. The van der Waals surface area contributed by atoms with E-state index in [-0.39, 0.29) is 6.42 Å². The summed E-state index contributed by atoms with van der Waals surface area (Å²) in [4.78, 5) is 26.3. The van der Waals surface area contributed by atoms with Crippen molar-refractivity contribution in [2.75, 3.05) is 0 Å². The van der Waals surface area contributed by atoms with E-state index in [2.05, 4.69) is 18.2 Å². The van der Waals surface area contributed by atoms with Crippen LogP contribution in [0, 0.1) is 0 Å². The van der Waals surface area contributed by atoms with E-state index in [1.165, 1.54) is 0 Å². The van der Waals surface area contributed by atoms with E-state index in [1.807, 2.05) is 49.4 Å². The highest BCUT2D eigenvalue weighted by Gasteiger charge is 2.37. The molecular formula is C27H19ClO3. The number of halogens is 1. The molecule has 0 N–H and O–H groups in total. The van der Waals surface area contributed by atoms with Crippen molar-refractivity contribution in [1.29, 1.82) is 0 Å². The number of ether oxygens (including phenoxy) is 1. The van der Waals surface area contributed by atoms with Gasteiger partial charge in [-0.25, -0.2) is 0 Å². The molecule has 0 bridgehead atoms. The van der Waals surface area contributed by atoms with Gasteiger partial charge in [-0.1, -0.05) is 66.2 Å². The smallest absolute Gasteiger partial charge is 0.234 e. The molecule has 0 atom stereocenters. The van der Waals surface area contributed by atoms with Crippen molar-refractivity contribution in [3.05, 3.63) is 117 Å². The number of carbonyl (C=O) groups excluding carboxylic acids is 2. The monoisotopic (exact) mass is 426 g/mol. The Hall–Kier alpha value is -3.43. The second kappa shape index (κ2) is 7.68. The Morgan fingerprint density at radius 1 is 0.806 bits per heavy atom. The summed E-state index contributed by atoms with van der Waals surface area (Å²) < 4.78 is 5.90. The summed E-state index contributed by atoms with van der Waals surface area (Å²) in [5.41, 5.74) is 6.26. The number of Topliss-reactive ketones (excluding diaryl/α,β-unsaturated/α-hetero) is 2. The summed E-state index contributed by atoms with van der Waals surface area (Å²) in [6.45, 7) is 1.95. The van der Waals surface area contributed by atoms with Gasteiger partial charge in [0.05, 0.1) is 11.8 Å². The first-order valence-corrected chi connectivity index (χ1v) is 10.5. The van der Waals surface area contributed by atoms with Crippen LogP contribution in [0.3, 0.4) is 0 Å². The number of hydrogen-bond donors (Lipinski definition) is 0. The molecule has 2 aliphatic rings. The van der Waals surface area contributed by atoms with Crippen LogP contribution in [-0.4, -0.2) is 11.6 Å². The van der Waals surface area contributed by atoms with Gasteiger partial charge in [0.2, 0.25) is 11.6 Å². The molecule has 5 rings (SSSR count). The van der Waals surface area contributed by atoms with Gasteiger partial charge < -0.3 is 4.74 Å². The highest BCUT2D eigenvalue weighted by atomic mass is 35.5. The maximum Gasteiger partial charge on any atom is 0.234 e. The molecule has 31 heavy (non-hydrogen) atoms. The number of rotatable bonds is 4. The molecule has 3 aromatic carbocycles. The predicted octanol–water partition coefficient (Wildman–Crippen LogP) is 6.04. The van der Waals surface area contributed by atoms with E-state index in [9.17, 15) is 9.59 Å². The van der Waals surface area contributed by atoms with Crippen LogP contribution in [0.25, 0.3) is 11.3 Å². The van der Waals surface area contributed by atoms with Crippen molar-refractivity contribution in [3.63, 3.8) is 0 Å². The highest BCUT2D eigenvalue weighted by Crippen LogP contribution is 2.41. The van der Waals surface area contributed by atoms with Gasteiger partial charge in [-0.05, 0) is 53.3 Å². The van der Waals surface area contributed by atoms with Crippen molar-refractivity contribution in [2.45, 2.75) is 19.8 Å². The van der Waals surface area contributed by atoms with Crippen molar-refractivity contribution in [2.24, 2.45) is 0 Å². The lowest BCUT2D eigenvalue weighted by Gasteiger charge is -2.28. The molecule has 1 aliphatic heterocycles. The molecule has 0 fully saturated rings. The largest absolute Gasteiger partial charge is 0.464 e. The zero-order chi connectivity index (χ0) is 21.5. The van der Waals surface area contributed by atoms with E-state index in [0.29, 0.717) is 33.9 Å². The first-order chi connectivity index (χ1) is 15.0. The van der Waals surface area contributed by atoms with Crippen LogP contribution in [0.4, 0.5) is 0 Å². The van der Waals surface area contributed by atoms with Crippen molar-refractivity contribution in [3.8, 4) is 0 Å². The van der Waals surface area contributed by atoms with Crippen LogP contribution in [-0.2, 0) is 22.4 Å². The molecule has 0 unspecified atom stereocenters. The molecule has 3 nitrogen and oxygen atoms in total. The SMILES string of the molecule is CC1=COC2=C(Cc3ccccc3Cl)C(=O)C(=O)c3cc(Cc4ccccc4)cc1c32. The number of hydrogen-bond acceptors (Lipinski definition) is 3. The minimum Gasteiger partial charge on any atom is -0.464 e. The normalized spacial score (nSPS) is 14.8. The summed E-state index contributed by atoms with van der Waals surface area (Å²) in [6, 6.07) is 21.3. The zero-order valence-electron chi connectivity index (χ0n) is 16.9. The molecule has 1 heterocycles. The van der Waals surface area contributed by atoms with E-state index in [0.717, 1.165) is 27.8 Å². The first-order valence-electron chi connectivity index (χ1n) is 10.1. The predicted molar refractivity (Wildman–Crippen MR) is 122 cm³/mol. The van der Waals surface area contributed by atoms with Gasteiger partial charge in [0, 0.05) is 22.6 Å². The quantitative estimate of drug-likeness (QED) is 0.477. The molecule has 0 radical (unpaired) electrons. The topological polar surface area (TPSA) is 43.4 Å². The molecule has 0 amide bonds. The molecule has 3 aromatic rings. The third kappa shape index (κ3) is 3.41. The Morgan fingerprint density at radius 3 is 2.29 bits per heavy atom. The molecule has 4 heteroatoms. The van der Waals surface area contributed by atoms with Crippen molar-refractivity contribution >= 4 is 34.5 Å². The van der Waals surface area contributed by atoms with E-state index in [1.54, 1.807) is 12.3 Å². The molecule has 0 saturated carbocycles. The van der Waals surface area contributed by atoms with Gasteiger partial charge in [-0.15, -0.1) is 0 Å². The Kier molecular flexibility index (Phi) is 4.84. The molecule has 0 spiro atoms. The second-order valence-electron chi connectivity index (χ2n) is 7.88. The first kappa shape index (κ1) is 19.5. The van der Waals surface area contributed by atoms with Crippen LogP contribution in [0.5, 0.6) is 0 Å². The van der Waals surface area contributed by atoms with E-state index in [4.69, 9.17) is 16.3 Å². The van der Waals surface area contributed by atoms with E-state index < -0.39 is 11.6 Å². The standard InChI is InChI=1S/C27H19ClO3/c1-16-15-31-27-22(14-19-9-5-6-10-23(19)28)26(30)25(29)21-13-18(12-20(16)24(21)27)11-17-7-3-2-4-8-17/h2-10,12-13,15H,11,14H2,1H3. The van der Waals surface area contributed by atoms with Crippen LogP contribution in [0.1, 0.15) is 45.1 Å². The number of allylic oxidation sites excluding steroid dienone is 2. The lowest BCUT2D eigenvalue weighted by atomic mass is 9.80. The highest BCUT2D eigenvalue weighted by molar-refractivity contribution is 6.52. The number of carbonyl (C=O) groups is 2. The summed E-state index contributed by atoms with van der Waals surface area (Å²) >= 11 is 6.31. The average Bonchev–Trinajstić information content (AvgIpc) is 2.78. The van der Waals surface area contributed by atoms with Crippen molar-refractivity contribution in [1.82, 2.24) is 0 Å². The van der Waals surface area contributed by atoms with Gasteiger partial charge in [-0.3, -0.25) is 9.59 Å². The Labute approximate surface area is 185 Å². The van der Waals surface area contributed by atoms with Crippen LogP contribution in [0.2, 0.25) is 5.02 Å². The van der Waals surface area contributed by atoms with Gasteiger partial charge in [0.25, 0.3) is 0 Å². The number of ketones is 2. The lowest BCUT2D eigenvalue weighted by molar-refractivity contribution is -0.112. The Bertz CT molecular complexity index is 1300. The van der Waals surface area contributed by atoms with Crippen LogP contribution in [0.15, 0.2) is 78.6 Å². The lowest BCUT2D eigenvalue weighted by Crippen LogP contribution is -2.27. The second-order valence-corrected chi connectivity index (χ2v) is 8.29. The summed E-state index contributed by atoms with van der Waals surface area (Å²) in [5, 5.41) is 0.558. The maximum absolute atomic E-state index is 13.2. The molecule has 0 saturated heterocycles. The summed E-state index contributed by atoms with van der Waals surface area (Å²) in [7, 11) is 0. The minimum absolute atomic E-state index is 0.247. The molecule has 0 aromatic heterocycles. The zero-order valence-corrected chi connectivity index (χ0v) is 17.7. The summed E-state index contributed by atoms with van der Waals surface area (Å²) in [6.07, 6.45) is 2.59.